The van der Waals surface area contributed by atoms with E-state index in [-0.39, 0.29) is 12.3 Å². The van der Waals surface area contributed by atoms with Crippen molar-refractivity contribution in [2.24, 2.45) is 0 Å². The van der Waals surface area contributed by atoms with Crippen molar-refractivity contribution in [1.29, 1.82) is 0 Å². The highest BCUT2D eigenvalue weighted by molar-refractivity contribution is 5.51. The van der Waals surface area contributed by atoms with Gasteiger partial charge in [0, 0.05) is 11.6 Å². The number of rotatable bonds is 2. The topological polar surface area (TPSA) is 87.6 Å². The van der Waals surface area contributed by atoms with Gasteiger partial charge in [-0.2, -0.15) is 0 Å². The maximum absolute atomic E-state index is 13.5. The molecule has 0 saturated heterocycles. The van der Waals surface area contributed by atoms with Crippen molar-refractivity contribution in [2.45, 2.75) is 32.0 Å². The number of aromatic hydroxyl groups is 1. The number of methoxy groups -OCH3 is 1. The molecule has 5 rings (SSSR count). The molecule has 3 heterocycles. The summed E-state index contributed by atoms with van der Waals surface area (Å²) in [5.41, 5.74) is 0.547. The smallest absolute Gasteiger partial charge is 0.352 e. The predicted octanol–water partition coefficient (Wildman–Crippen LogP) is 2.22. The zero-order valence-corrected chi connectivity index (χ0v) is 16.8. The van der Waals surface area contributed by atoms with E-state index in [1.807, 2.05) is 19.9 Å². The summed E-state index contributed by atoms with van der Waals surface area (Å²) in [6.45, 7) is 4.10. The number of ether oxygens (including phenoxy) is 2. The lowest BCUT2D eigenvalue weighted by molar-refractivity contribution is 0.113. The molecule has 0 aliphatic carbocycles. The van der Waals surface area contributed by atoms with Gasteiger partial charge in [0.15, 0.2) is 0 Å². The van der Waals surface area contributed by atoms with Crippen LogP contribution in [0.15, 0.2) is 63.7 Å². The molecule has 2 aliphatic rings. The summed E-state index contributed by atoms with van der Waals surface area (Å²) in [5, 5.41) is 9.91. The SMILES string of the molecule is COc1ccc(-n2c(=O)n3n(c2=O)C2C(=CC3)C(C)(C)Oc3cc(O)ccc32)cc1. The molecule has 1 aromatic heterocycles. The minimum absolute atomic E-state index is 0.0772. The molecule has 8 heteroatoms. The van der Waals surface area contributed by atoms with Gasteiger partial charge in [-0.25, -0.2) is 23.5 Å². The van der Waals surface area contributed by atoms with Crippen LogP contribution in [0.3, 0.4) is 0 Å². The molecule has 0 spiro atoms. The van der Waals surface area contributed by atoms with Crippen LogP contribution in [0.5, 0.6) is 17.2 Å². The van der Waals surface area contributed by atoms with Gasteiger partial charge in [0.2, 0.25) is 0 Å². The van der Waals surface area contributed by atoms with E-state index < -0.39 is 23.0 Å². The average Bonchev–Trinajstić information content (AvgIpc) is 2.98. The van der Waals surface area contributed by atoms with E-state index in [4.69, 9.17) is 9.47 Å². The van der Waals surface area contributed by atoms with Crippen molar-refractivity contribution in [2.75, 3.05) is 7.11 Å². The van der Waals surface area contributed by atoms with Crippen LogP contribution in [-0.2, 0) is 6.54 Å². The summed E-state index contributed by atoms with van der Waals surface area (Å²) >= 11 is 0. The number of phenolic OH excluding ortho intramolecular Hbond substituents is 1. The van der Waals surface area contributed by atoms with Crippen molar-refractivity contribution in [3.63, 3.8) is 0 Å². The number of allylic oxidation sites excluding steroid dienone is 1. The normalized spacial score (nSPS) is 18.5. The Kier molecular flexibility index (Phi) is 3.77. The molecule has 1 N–H and O–H groups in total. The first-order chi connectivity index (χ1) is 14.3. The predicted molar refractivity (Wildman–Crippen MR) is 110 cm³/mol. The second-order valence-corrected chi connectivity index (χ2v) is 7.92. The Balaban J connectivity index is 1.76. The molecule has 8 nitrogen and oxygen atoms in total. The van der Waals surface area contributed by atoms with Gasteiger partial charge in [0.05, 0.1) is 19.3 Å². The monoisotopic (exact) mass is 407 g/mol. The van der Waals surface area contributed by atoms with Crippen LogP contribution in [0.1, 0.15) is 25.5 Å². The van der Waals surface area contributed by atoms with Crippen molar-refractivity contribution in [1.82, 2.24) is 13.9 Å². The molecule has 2 aromatic carbocycles. The Morgan fingerprint density at radius 1 is 1.10 bits per heavy atom. The third kappa shape index (κ3) is 2.46. The zero-order chi connectivity index (χ0) is 21.2. The number of fused-ring (bicyclic) bond motifs is 5. The second-order valence-electron chi connectivity index (χ2n) is 7.92. The Morgan fingerprint density at radius 2 is 1.83 bits per heavy atom. The minimum Gasteiger partial charge on any atom is -0.508 e. The van der Waals surface area contributed by atoms with Gasteiger partial charge in [-0.3, -0.25) is 0 Å². The van der Waals surface area contributed by atoms with Gasteiger partial charge < -0.3 is 14.6 Å². The number of phenols is 1. The lowest BCUT2D eigenvalue weighted by Gasteiger charge is -2.42. The molecule has 3 aromatic rings. The van der Waals surface area contributed by atoms with Crippen molar-refractivity contribution in [3.8, 4) is 22.9 Å². The molecule has 30 heavy (non-hydrogen) atoms. The third-order valence-corrected chi connectivity index (χ3v) is 5.77. The summed E-state index contributed by atoms with van der Waals surface area (Å²) in [6, 6.07) is 11.1. The summed E-state index contributed by atoms with van der Waals surface area (Å²) in [7, 11) is 1.56. The molecule has 1 atom stereocenters. The van der Waals surface area contributed by atoms with E-state index in [0.29, 0.717) is 17.2 Å². The van der Waals surface area contributed by atoms with Crippen LogP contribution in [0.25, 0.3) is 5.69 Å². The quantitative estimate of drug-likeness (QED) is 0.658. The maximum atomic E-state index is 13.5. The summed E-state index contributed by atoms with van der Waals surface area (Å²) in [4.78, 5) is 26.7. The van der Waals surface area contributed by atoms with E-state index in [1.165, 1.54) is 20.0 Å². The Bertz CT molecular complexity index is 1310. The van der Waals surface area contributed by atoms with Gasteiger partial charge in [-0.15, -0.1) is 0 Å². The molecule has 0 fully saturated rings. The fourth-order valence-corrected chi connectivity index (χ4v) is 4.34. The average molecular weight is 407 g/mol. The summed E-state index contributed by atoms with van der Waals surface area (Å²) in [5.74, 6) is 1.21. The number of nitrogens with zero attached hydrogens (tertiary/aromatic N) is 3. The molecule has 0 radical (unpaired) electrons. The van der Waals surface area contributed by atoms with Crippen molar-refractivity contribution in [3.05, 3.63) is 80.6 Å². The lowest BCUT2D eigenvalue weighted by atomic mass is 9.83. The molecule has 0 saturated carbocycles. The van der Waals surface area contributed by atoms with E-state index in [1.54, 1.807) is 43.5 Å². The van der Waals surface area contributed by atoms with Crippen molar-refractivity contribution < 1.29 is 14.6 Å². The number of hydrogen-bond donors (Lipinski definition) is 1. The summed E-state index contributed by atoms with van der Waals surface area (Å²) in [6.07, 6.45) is 1.94. The Morgan fingerprint density at radius 3 is 2.53 bits per heavy atom. The second kappa shape index (κ2) is 6.16. The third-order valence-electron chi connectivity index (χ3n) is 5.77. The van der Waals surface area contributed by atoms with Crippen LogP contribution in [0, 0.1) is 0 Å². The van der Waals surface area contributed by atoms with Gasteiger partial charge in [-0.05, 0) is 55.8 Å². The van der Waals surface area contributed by atoms with Gasteiger partial charge >= 0.3 is 11.4 Å². The zero-order valence-electron chi connectivity index (χ0n) is 16.8. The van der Waals surface area contributed by atoms with E-state index in [0.717, 1.165) is 11.1 Å². The minimum atomic E-state index is -0.700. The summed E-state index contributed by atoms with van der Waals surface area (Å²) < 4.78 is 15.4. The van der Waals surface area contributed by atoms with Crippen LogP contribution in [0.2, 0.25) is 0 Å². The number of aromatic nitrogens is 3. The molecule has 0 amide bonds. The van der Waals surface area contributed by atoms with Gasteiger partial charge in [-0.1, -0.05) is 6.08 Å². The van der Waals surface area contributed by atoms with Crippen LogP contribution < -0.4 is 20.9 Å². The van der Waals surface area contributed by atoms with Crippen LogP contribution >= 0.6 is 0 Å². The Labute approximate surface area is 171 Å². The molecule has 154 valence electrons. The van der Waals surface area contributed by atoms with E-state index in [9.17, 15) is 14.7 Å². The van der Waals surface area contributed by atoms with Crippen LogP contribution in [-0.4, -0.2) is 31.7 Å². The largest absolute Gasteiger partial charge is 0.508 e. The van der Waals surface area contributed by atoms with Gasteiger partial charge in [0.25, 0.3) is 0 Å². The molecular weight excluding hydrogens is 386 g/mol. The first-order valence-corrected chi connectivity index (χ1v) is 9.63. The van der Waals surface area contributed by atoms with E-state index >= 15 is 0 Å². The molecule has 0 bridgehead atoms. The molecular formula is C22H21N3O5. The highest BCUT2D eigenvalue weighted by Crippen LogP contribution is 2.46. The fraction of sp³-hybridized carbons (Fsp3) is 0.273. The first kappa shape index (κ1) is 18.4. The lowest BCUT2D eigenvalue weighted by Crippen LogP contribution is -2.46. The van der Waals surface area contributed by atoms with Crippen LogP contribution in [0.4, 0.5) is 0 Å². The highest BCUT2D eigenvalue weighted by atomic mass is 16.5. The standard InChI is InChI=1S/C22H21N3O5/c1-22(2)17-10-11-23-20(27)24(13-4-7-15(29-3)8-5-13)21(28)25(23)19(17)16-9-6-14(26)12-18(16)30-22/h4-10,12,19,26H,11H2,1-3H3. The number of benzene rings is 2. The van der Waals surface area contributed by atoms with Gasteiger partial charge in [0.1, 0.15) is 28.9 Å². The van der Waals surface area contributed by atoms with E-state index in [2.05, 4.69) is 0 Å². The Hall–Kier alpha value is -3.68. The molecule has 2 aliphatic heterocycles. The first-order valence-electron chi connectivity index (χ1n) is 9.63. The number of hydrogen-bond acceptors (Lipinski definition) is 5. The maximum Gasteiger partial charge on any atom is 0.352 e. The highest BCUT2D eigenvalue weighted by Gasteiger charge is 2.43. The fourth-order valence-electron chi connectivity index (χ4n) is 4.34. The molecule has 1 unspecified atom stereocenters. The van der Waals surface area contributed by atoms with Crippen molar-refractivity contribution >= 4 is 0 Å².